The summed E-state index contributed by atoms with van der Waals surface area (Å²) >= 11 is 0. The molecule has 0 bridgehead atoms. The van der Waals surface area contributed by atoms with Crippen LogP contribution in [-0.2, 0) is 4.74 Å². The van der Waals surface area contributed by atoms with E-state index < -0.39 is 0 Å². The predicted molar refractivity (Wildman–Crippen MR) is 66.7 cm³/mol. The third-order valence-corrected chi connectivity index (χ3v) is 3.91. The molecular weight excluding hydrogens is 200 g/mol. The maximum absolute atomic E-state index is 5.43. The van der Waals surface area contributed by atoms with Crippen LogP contribution in [0.15, 0.2) is 0 Å². The van der Waals surface area contributed by atoms with Crippen molar-refractivity contribution in [1.82, 2.24) is 9.80 Å². The minimum atomic E-state index is 0.324. The molecule has 0 aliphatic carbocycles. The smallest absolute Gasteiger partial charge is 0.0594 e. The van der Waals surface area contributed by atoms with E-state index in [1.165, 1.54) is 25.9 Å². The van der Waals surface area contributed by atoms with E-state index in [2.05, 4.69) is 30.6 Å². The highest BCUT2D eigenvalue weighted by molar-refractivity contribution is 4.87. The molecule has 94 valence electrons. The van der Waals surface area contributed by atoms with Gasteiger partial charge in [-0.1, -0.05) is 0 Å². The van der Waals surface area contributed by atoms with Crippen molar-refractivity contribution in [3.63, 3.8) is 0 Å². The van der Waals surface area contributed by atoms with Gasteiger partial charge in [-0.05, 0) is 40.2 Å². The highest BCUT2D eigenvalue weighted by atomic mass is 16.5. The lowest BCUT2D eigenvalue weighted by Gasteiger charge is -2.45. The van der Waals surface area contributed by atoms with Crippen molar-refractivity contribution >= 4 is 0 Å². The first-order valence-electron chi connectivity index (χ1n) is 6.64. The van der Waals surface area contributed by atoms with E-state index in [9.17, 15) is 0 Å². The fourth-order valence-corrected chi connectivity index (χ4v) is 2.80. The van der Waals surface area contributed by atoms with E-state index >= 15 is 0 Å². The molecule has 2 rings (SSSR count). The second-order valence-electron chi connectivity index (χ2n) is 6.06. The van der Waals surface area contributed by atoms with Crippen molar-refractivity contribution in [3.05, 3.63) is 0 Å². The van der Waals surface area contributed by atoms with Crippen LogP contribution in [0.2, 0.25) is 0 Å². The van der Waals surface area contributed by atoms with Gasteiger partial charge in [0, 0.05) is 31.2 Å². The van der Waals surface area contributed by atoms with Crippen molar-refractivity contribution in [3.8, 4) is 0 Å². The van der Waals surface area contributed by atoms with Crippen LogP contribution in [-0.4, -0.2) is 60.8 Å². The van der Waals surface area contributed by atoms with Crippen molar-refractivity contribution in [2.24, 2.45) is 0 Å². The number of likely N-dealkylation sites (tertiary alicyclic amines) is 1. The van der Waals surface area contributed by atoms with Gasteiger partial charge in [-0.25, -0.2) is 0 Å². The summed E-state index contributed by atoms with van der Waals surface area (Å²) in [5, 5.41) is 0. The molecule has 2 fully saturated rings. The third-order valence-electron chi connectivity index (χ3n) is 3.91. The van der Waals surface area contributed by atoms with E-state index in [4.69, 9.17) is 4.74 Å². The van der Waals surface area contributed by atoms with Crippen LogP contribution in [0.25, 0.3) is 0 Å². The normalized spacial score (nSPS) is 30.6. The van der Waals surface area contributed by atoms with Gasteiger partial charge in [0.2, 0.25) is 0 Å². The molecule has 2 heterocycles. The summed E-state index contributed by atoms with van der Waals surface area (Å²) in [6.07, 6.45) is 2.71. The lowest BCUT2D eigenvalue weighted by molar-refractivity contribution is -0.0163. The third kappa shape index (κ3) is 2.96. The molecule has 16 heavy (non-hydrogen) atoms. The fourth-order valence-electron chi connectivity index (χ4n) is 2.80. The lowest BCUT2D eigenvalue weighted by atomic mass is 9.97. The molecule has 2 saturated heterocycles. The minimum Gasteiger partial charge on any atom is -0.379 e. The van der Waals surface area contributed by atoms with Crippen LogP contribution in [0.4, 0.5) is 0 Å². The molecule has 0 spiro atoms. The minimum absolute atomic E-state index is 0.324. The molecule has 3 nitrogen and oxygen atoms in total. The molecule has 0 amide bonds. The molecule has 2 aliphatic rings. The molecular formula is C13H26N2O. The highest BCUT2D eigenvalue weighted by Gasteiger charge is 2.31. The number of ether oxygens (including phenoxy) is 1. The number of rotatable bonds is 1. The number of hydrogen-bond acceptors (Lipinski definition) is 3. The van der Waals surface area contributed by atoms with Gasteiger partial charge in [-0.2, -0.15) is 0 Å². The lowest BCUT2D eigenvalue weighted by Crippen LogP contribution is -2.55. The summed E-state index contributed by atoms with van der Waals surface area (Å²) in [5.41, 5.74) is 0.324. The van der Waals surface area contributed by atoms with Gasteiger partial charge in [0.25, 0.3) is 0 Å². The predicted octanol–water partition coefficient (Wildman–Crippen LogP) is 1.58. The van der Waals surface area contributed by atoms with Gasteiger partial charge < -0.3 is 4.74 Å². The first kappa shape index (κ1) is 12.3. The van der Waals surface area contributed by atoms with Gasteiger partial charge in [0.1, 0.15) is 0 Å². The summed E-state index contributed by atoms with van der Waals surface area (Å²) < 4.78 is 5.43. The topological polar surface area (TPSA) is 15.7 Å². The maximum atomic E-state index is 5.43. The van der Waals surface area contributed by atoms with Crippen molar-refractivity contribution in [2.45, 2.75) is 45.2 Å². The molecule has 0 aromatic rings. The second-order valence-corrected chi connectivity index (χ2v) is 6.06. The van der Waals surface area contributed by atoms with Crippen molar-refractivity contribution in [2.75, 3.05) is 39.4 Å². The average Bonchev–Trinajstić information content (AvgIpc) is 2.29. The number of hydrogen-bond donors (Lipinski definition) is 0. The first-order valence-corrected chi connectivity index (χ1v) is 6.64. The molecule has 0 saturated carbocycles. The molecule has 0 aromatic carbocycles. The van der Waals surface area contributed by atoms with Gasteiger partial charge >= 0.3 is 0 Å². The first-order chi connectivity index (χ1) is 7.57. The zero-order chi connectivity index (χ0) is 11.6. The average molecular weight is 226 g/mol. The Morgan fingerprint density at radius 2 is 1.75 bits per heavy atom. The van der Waals surface area contributed by atoms with Crippen LogP contribution in [0.5, 0.6) is 0 Å². The molecule has 2 aliphatic heterocycles. The Morgan fingerprint density at radius 3 is 2.38 bits per heavy atom. The standard InChI is InChI=1S/C13H26N2O/c1-13(2,3)15-6-4-5-12(11-15)14-7-9-16-10-8-14/h12H,4-11H2,1-3H3. The van der Waals surface area contributed by atoms with Crippen LogP contribution in [0, 0.1) is 0 Å². The van der Waals surface area contributed by atoms with E-state index in [1.807, 2.05) is 0 Å². The summed E-state index contributed by atoms with van der Waals surface area (Å²) in [7, 11) is 0. The zero-order valence-electron chi connectivity index (χ0n) is 11.0. The largest absolute Gasteiger partial charge is 0.379 e. The number of morpholine rings is 1. The van der Waals surface area contributed by atoms with Crippen molar-refractivity contribution in [1.29, 1.82) is 0 Å². The van der Waals surface area contributed by atoms with Crippen molar-refractivity contribution < 1.29 is 4.74 Å². The Hall–Kier alpha value is -0.120. The van der Waals surface area contributed by atoms with Crippen LogP contribution in [0.1, 0.15) is 33.6 Å². The zero-order valence-corrected chi connectivity index (χ0v) is 11.0. The quantitative estimate of drug-likeness (QED) is 0.675. The fraction of sp³-hybridized carbons (Fsp3) is 1.00. The van der Waals surface area contributed by atoms with E-state index in [0.29, 0.717) is 5.54 Å². The molecule has 0 N–H and O–H groups in total. The van der Waals surface area contributed by atoms with Crippen LogP contribution < -0.4 is 0 Å². The Bertz CT molecular complexity index is 218. The Morgan fingerprint density at radius 1 is 1.06 bits per heavy atom. The molecule has 0 radical (unpaired) electrons. The van der Waals surface area contributed by atoms with Gasteiger partial charge in [-0.15, -0.1) is 0 Å². The monoisotopic (exact) mass is 226 g/mol. The van der Waals surface area contributed by atoms with E-state index in [0.717, 1.165) is 32.3 Å². The molecule has 1 unspecified atom stereocenters. The summed E-state index contributed by atoms with van der Waals surface area (Å²) in [4.78, 5) is 5.26. The molecule has 0 aromatic heterocycles. The van der Waals surface area contributed by atoms with Gasteiger partial charge in [0.05, 0.1) is 13.2 Å². The summed E-state index contributed by atoms with van der Waals surface area (Å²) in [6.45, 7) is 13.6. The van der Waals surface area contributed by atoms with Crippen LogP contribution >= 0.6 is 0 Å². The Balaban J connectivity index is 1.90. The summed E-state index contributed by atoms with van der Waals surface area (Å²) in [6, 6.07) is 0.761. The van der Waals surface area contributed by atoms with Gasteiger partial charge in [-0.3, -0.25) is 9.80 Å². The van der Waals surface area contributed by atoms with Crippen LogP contribution in [0.3, 0.4) is 0 Å². The Kier molecular flexibility index (Phi) is 3.88. The SMILES string of the molecule is CC(C)(C)N1CCCC(N2CCOCC2)C1. The van der Waals surface area contributed by atoms with E-state index in [-0.39, 0.29) is 0 Å². The number of piperidine rings is 1. The molecule has 1 atom stereocenters. The number of nitrogens with zero attached hydrogens (tertiary/aromatic N) is 2. The molecule has 3 heteroatoms. The highest BCUT2D eigenvalue weighted by Crippen LogP contribution is 2.23. The Labute approximate surface area is 99.7 Å². The summed E-state index contributed by atoms with van der Waals surface area (Å²) in [5.74, 6) is 0. The van der Waals surface area contributed by atoms with Gasteiger partial charge in [0.15, 0.2) is 0 Å². The maximum Gasteiger partial charge on any atom is 0.0594 e. The van der Waals surface area contributed by atoms with E-state index in [1.54, 1.807) is 0 Å². The second kappa shape index (κ2) is 5.03.